The van der Waals surface area contributed by atoms with E-state index in [4.69, 9.17) is 4.74 Å². The van der Waals surface area contributed by atoms with Crippen LogP contribution in [-0.4, -0.2) is 53.5 Å². The van der Waals surface area contributed by atoms with Crippen molar-refractivity contribution < 1.29 is 34.5 Å². The number of aliphatic carboxylic acids is 2. The van der Waals surface area contributed by atoms with Gasteiger partial charge in [-0.05, 0) is 143 Å². The van der Waals surface area contributed by atoms with Gasteiger partial charge in [0, 0.05) is 28.9 Å². The number of phenolic OH excluding ortho intramolecular Hbond substituents is 1. The summed E-state index contributed by atoms with van der Waals surface area (Å²) in [5.41, 5.74) is 8.54. The van der Waals surface area contributed by atoms with Gasteiger partial charge in [-0.3, -0.25) is 14.5 Å². The van der Waals surface area contributed by atoms with Crippen LogP contribution in [0.2, 0.25) is 0 Å². The third-order valence-electron chi connectivity index (χ3n) is 14.5. The van der Waals surface area contributed by atoms with Crippen molar-refractivity contribution >= 4 is 44.9 Å². The molecule has 2 heterocycles. The predicted octanol–water partition coefficient (Wildman–Crippen LogP) is 10.5. The molecule has 0 bridgehead atoms. The number of benzene rings is 7. The normalized spacial score (nSPS) is 20.3. The number of carbonyl (C=O) groups is 2. The van der Waals surface area contributed by atoms with Crippen LogP contribution in [0.5, 0.6) is 11.5 Å². The minimum Gasteiger partial charge on any atom is -0.508 e. The van der Waals surface area contributed by atoms with Crippen LogP contribution < -0.4 is 14.5 Å². The Morgan fingerprint density at radius 1 is 0.783 bits per heavy atom. The first-order chi connectivity index (χ1) is 33.4. The molecule has 4 N–H and O–H groups in total. The number of nitrogens with zero attached hydrogens (tertiary/aromatic N) is 2. The van der Waals surface area contributed by atoms with E-state index >= 15 is 0 Å². The molecule has 2 aliphatic heterocycles. The van der Waals surface area contributed by atoms with Crippen LogP contribution >= 0.6 is 0 Å². The van der Waals surface area contributed by atoms with E-state index in [0.717, 1.165) is 65.8 Å². The molecule has 0 saturated carbocycles. The lowest BCUT2D eigenvalue weighted by molar-refractivity contribution is -0.850. The Kier molecular flexibility index (Phi) is 13.0. The molecule has 9 rings (SSSR count). The Hall–Kier alpha value is -7.93. The Morgan fingerprint density at radius 2 is 1.48 bits per heavy atom. The van der Waals surface area contributed by atoms with Crippen LogP contribution in [0.1, 0.15) is 53.1 Å². The second kappa shape index (κ2) is 19.4. The molecule has 0 fully saturated rings. The summed E-state index contributed by atoms with van der Waals surface area (Å²) in [5.74, 6) is -0.939. The molecule has 9 nitrogen and oxygen atoms in total. The number of nitriles is 1. The van der Waals surface area contributed by atoms with Crippen molar-refractivity contribution in [2.24, 2.45) is 0 Å². The molecule has 4 atom stereocenters. The number of rotatable bonds is 16. The van der Waals surface area contributed by atoms with Crippen LogP contribution in [0.3, 0.4) is 0 Å². The van der Waals surface area contributed by atoms with Crippen molar-refractivity contribution in [3.63, 3.8) is 0 Å². The molecule has 7 aromatic rings. The zero-order valence-corrected chi connectivity index (χ0v) is 39.2. The van der Waals surface area contributed by atoms with Crippen LogP contribution in [0, 0.1) is 18.3 Å². The standard InChI is InChI=1S/C60H55N3O6/c1-40-10-4-5-13-47(40)38-60(37-43-16-21-44-11-6-7-12-46(44)34-43)51-14-8-9-15-52(51)62(32-30-56(65)66)55(60)29-20-42(39-61)19-28-54-59(2,36-41-17-24-48(64)25-18-41)58-50-35-49(69-3)26-22-45(50)23-27-53(58)63(54)33-31-57(67)68/h4-29,34-35,55,64H,30-33,36-38H2,1-3H3,(H,65,66)(H,67,68)/p+1/b29-20+,42-19-,54-28+. The Morgan fingerprint density at radius 3 is 2.23 bits per heavy atom. The van der Waals surface area contributed by atoms with Gasteiger partial charge in [0.15, 0.2) is 0 Å². The fraction of sp³-hybridized carbons (Fsp3) is 0.217. The average Bonchev–Trinajstić information content (AvgIpc) is 3.74. The highest BCUT2D eigenvalue weighted by Crippen LogP contribution is 2.53. The van der Waals surface area contributed by atoms with Crippen LogP contribution in [0.25, 0.3) is 21.5 Å². The number of carboxylic acids is 2. The number of allylic oxidation sites excluding steroid dienone is 5. The molecule has 0 aromatic heterocycles. The number of carboxylic acid groups (broad SMARTS) is 2. The summed E-state index contributed by atoms with van der Waals surface area (Å²) in [6.07, 6.45) is 9.51. The van der Waals surface area contributed by atoms with Crippen LogP contribution in [0.4, 0.5) is 11.4 Å². The molecule has 346 valence electrons. The maximum absolute atomic E-state index is 12.3. The SMILES string of the molecule is COc1ccc2ccc3c(c2c1)C(C)(Cc1ccc(O)cc1)\C(=C/C=C(C#N)/C=C/C1[NH+](CCC(=O)O)c2ccccc2C1(Cc1ccc2ccccc2c1)Cc1ccccc1C)N3CCC(=O)O. The number of hydrogen-bond acceptors (Lipinski definition) is 6. The quantitative estimate of drug-likeness (QED) is 0.0556. The van der Waals surface area contributed by atoms with E-state index in [1.165, 1.54) is 11.1 Å². The number of hydrogen-bond donors (Lipinski definition) is 4. The van der Waals surface area contributed by atoms with Crippen molar-refractivity contribution in [3.05, 3.63) is 215 Å². The lowest BCUT2D eigenvalue weighted by atomic mass is 9.67. The van der Waals surface area contributed by atoms with Gasteiger partial charge in [0.1, 0.15) is 23.2 Å². The zero-order valence-electron chi connectivity index (χ0n) is 39.2. The summed E-state index contributed by atoms with van der Waals surface area (Å²) in [7, 11) is 1.64. The topological polar surface area (TPSA) is 136 Å². The minimum absolute atomic E-state index is 0.0373. The highest BCUT2D eigenvalue weighted by molar-refractivity contribution is 5.96. The molecule has 0 radical (unpaired) electrons. The Balaban J connectivity index is 1.21. The summed E-state index contributed by atoms with van der Waals surface area (Å²) >= 11 is 0. The van der Waals surface area contributed by atoms with Crippen molar-refractivity contribution in [2.75, 3.05) is 25.1 Å². The number of nitrogens with one attached hydrogen (secondary N) is 1. The van der Waals surface area contributed by atoms with E-state index < -0.39 is 22.8 Å². The van der Waals surface area contributed by atoms with Gasteiger partial charge in [-0.2, -0.15) is 5.26 Å². The largest absolute Gasteiger partial charge is 0.508 e. The van der Waals surface area contributed by atoms with E-state index in [-0.39, 0.29) is 31.2 Å². The molecule has 9 heteroatoms. The number of methoxy groups -OCH3 is 1. The number of aryl methyl sites for hydroxylation is 1. The lowest BCUT2D eigenvalue weighted by Gasteiger charge is -2.35. The average molecular weight is 915 g/mol. The van der Waals surface area contributed by atoms with Gasteiger partial charge in [-0.15, -0.1) is 0 Å². The number of anilines is 1. The van der Waals surface area contributed by atoms with Gasteiger partial charge in [-0.1, -0.05) is 109 Å². The predicted molar refractivity (Wildman–Crippen MR) is 272 cm³/mol. The molecule has 0 spiro atoms. The molecule has 4 unspecified atom stereocenters. The third-order valence-corrected chi connectivity index (χ3v) is 14.5. The summed E-state index contributed by atoms with van der Waals surface area (Å²) in [5, 5.41) is 45.7. The monoisotopic (exact) mass is 914 g/mol. The number of para-hydroxylation sites is 1. The molecular weight excluding hydrogens is 859 g/mol. The van der Waals surface area contributed by atoms with Gasteiger partial charge in [-0.25, -0.2) is 0 Å². The van der Waals surface area contributed by atoms with Crippen molar-refractivity contribution in [2.45, 2.75) is 62.8 Å². The molecule has 7 aromatic carbocycles. The highest BCUT2D eigenvalue weighted by Gasteiger charge is 2.54. The van der Waals surface area contributed by atoms with Gasteiger partial charge in [0.2, 0.25) is 0 Å². The molecule has 0 amide bonds. The van der Waals surface area contributed by atoms with E-state index in [1.807, 2.05) is 72.8 Å². The molecule has 0 saturated heterocycles. The summed E-state index contributed by atoms with van der Waals surface area (Å²) in [4.78, 5) is 27.7. The van der Waals surface area contributed by atoms with Crippen molar-refractivity contribution in [1.82, 2.24) is 0 Å². The van der Waals surface area contributed by atoms with Gasteiger partial charge in [0.05, 0.1) is 43.6 Å². The fourth-order valence-corrected chi connectivity index (χ4v) is 11.2. The Labute approximate surface area is 403 Å². The summed E-state index contributed by atoms with van der Waals surface area (Å²) < 4.78 is 5.72. The zero-order chi connectivity index (χ0) is 48.3. The van der Waals surface area contributed by atoms with Crippen molar-refractivity contribution in [1.29, 1.82) is 5.26 Å². The second-order valence-electron chi connectivity index (χ2n) is 18.7. The van der Waals surface area contributed by atoms with E-state index in [0.29, 0.717) is 37.1 Å². The smallest absolute Gasteiger partial charge is 0.309 e. The minimum atomic E-state index is -0.924. The first-order valence-corrected chi connectivity index (χ1v) is 23.5. The highest BCUT2D eigenvalue weighted by atomic mass is 16.5. The number of quaternary nitrogens is 1. The maximum atomic E-state index is 12.3. The molecule has 2 aliphatic rings. The number of aromatic hydroxyl groups is 1. The molecular formula is C60H56N3O6+. The van der Waals surface area contributed by atoms with E-state index in [1.54, 1.807) is 19.2 Å². The van der Waals surface area contributed by atoms with E-state index in [9.17, 15) is 30.2 Å². The van der Waals surface area contributed by atoms with Gasteiger partial charge in [0.25, 0.3) is 0 Å². The lowest BCUT2D eigenvalue weighted by Crippen LogP contribution is -3.11. The maximum Gasteiger partial charge on any atom is 0.309 e. The molecule has 0 aliphatic carbocycles. The second-order valence-corrected chi connectivity index (χ2v) is 18.7. The summed E-state index contributed by atoms with van der Waals surface area (Å²) in [6.45, 7) is 4.83. The fourth-order valence-electron chi connectivity index (χ4n) is 11.2. The van der Waals surface area contributed by atoms with E-state index in [2.05, 4.69) is 110 Å². The van der Waals surface area contributed by atoms with Gasteiger partial charge >= 0.3 is 11.9 Å². The Bertz CT molecular complexity index is 3240. The first-order valence-electron chi connectivity index (χ1n) is 23.5. The van der Waals surface area contributed by atoms with Gasteiger partial charge < -0.3 is 25.0 Å². The van der Waals surface area contributed by atoms with Crippen LogP contribution in [0.15, 0.2) is 181 Å². The first kappa shape index (κ1) is 46.2. The molecule has 69 heavy (non-hydrogen) atoms. The summed E-state index contributed by atoms with van der Waals surface area (Å²) in [6, 6.07) is 51.3. The third kappa shape index (κ3) is 9.12. The number of ether oxygens (including phenoxy) is 1. The van der Waals surface area contributed by atoms with Crippen molar-refractivity contribution in [3.8, 4) is 17.6 Å². The van der Waals surface area contributed by atoms with Crippen LogP contribution in [-0.2, 0) is 39.7 Å². The number of fused-ring (bicyclic) bond motifs is 5. The number of phenols is 1.